The summed E-state index contributed by atoms with van der Waals surface area (Å²) in [6, 6.07) is 3.88. The van der Waals surface area contributed by atoms with Crippen LogP contribution in [-0.2, 0) is 6.42 Å². The molecule has 18 heavy (non-hydrogen) atoms. The van der Waals surface area contributed by atoms with Crippen molar-refractivity contribution in [2.75, 3.05) is 27.3 Å². The Morgan fingerprint density at radius 3 is 2.50 bits per heavy atom. The Labute approximate surface area is 114 Å². The molecule has 0 spiro atoms. The third-order valence-electron chi connectivity index (χ3n) is 2.69. The van der Waals surface area contributed by atoms with Gasteiger partial charge in [0.25, 0.3) is 0 Å². The molecule has 1 aromatic rings. The summed E-state index contributed by atoms with van der Waals surface area (Å²) in [5.74, 6) is 1.94. The summed E-state index contributed by atoms with van der Waals surface area (Å²) in [5.41, 5.74) is 1.07. The van der Waals surface area contributed by atoms with E-state index in [1.54, 1.807) is 14.2 Å². The summed E-state index contributed by atoms with van der Waals surface area (Å²) < 4.78 is 10.5. The zero-order valence-corrected chi connectivity index (χ0v) is 12.3. The van der Waals surface area contributed by atoms with Gasteiger partial charge in [-0.15, -0.1) is 0 Å². The van der Waals surface area contributed by atoms with Crippen LogP contribution in [0.25, 0.3) is 0 Å². The van der Waals surface area contributed by atoms with E-state index in [0.29, 0.717) is 22.4 Å². The highest BCUT2D eigenvalue weighted by atomic mass is 35.5. The third kappa shape index (κ3) is 4.07. The van der Waals surface area contributed by atoms with Crippen LogP contribution in [0.2, 0.25) is 5.02 Å². The van der Waals surface area contributed by atoms with Crippen LogP contribution in [0, 0.1) is 5.92 Å². The van der Waals surface area contributed by atoms with Crippen LogP contribution in [0.5, 0.6) is 11.5 Å². The van der Waals surface area contributed by atoms with Crippen LogP contribution < -0.4 is 14.8 Å². The number of halogens is 1. The number of nitrogens with one attached hydrogen (secondary N) is 1. The highest BCUT2D eigenvalue weighted by molar-refractivity contribution is 6.33. The Hall–Kier alpha value is -0.930. The quantitative estimate of drug-likeness (QED) is 0.773. The molecule has 1 rings (SSSR count). The number of benzene rings is 1. The van der Waals surface area contributed by atoms with Crippen LogP contribution in [0.3, 0.4) is 0 Å². The lowest BCUT2D eigenvalue weighted by Gasteiger charge is -2.13. The summed E-state index contributed by atoms with van der Waals surface area (Å²) in [5, 5.41) is 4.04. The van der Waals surface area contributed by atoms with E-state index < -0.39 is 0 Å². The van der Waals surface area contributed by atoms with Gasteiger partial charge < -0.3 is 14.8 Å². The molecule has 3 nitrogen and oxygen atoms in total. The zero-order chi connectivity index (χ0) is 13.5. The van der Waals surface area contributed by atoms with Crippen molar-refractivity contribution in [3.63, 3.8) is 0 Å². The number of rotatable bonds is 7. The van der Waals surface area contributed by atoms with E-state index in [4.69, 9.17) is 21.1 Å². The average molecular weight is 272 g/mol. The molecule has 0 aliphatic heterocycles. The van der Waals surface area contributed by atoms with E-state index in [2.05, 4.69) is 19.2 Å². The maximum absolute atomic E-state index is 6.30. The number of ether oxygens (including phenoxy) is 2. The van der Waals surface area contributed by atoms with E-state index >= 15 is 0 Å². The minimum absolute atomic E-state index is 0.612. The molecule has 0 saturated heterocycles. The van der Waals surface area contributed by atoms with Crippen LogP contribution >= 0.6 is 11.6 Å². The maximum Gasteiger partial charge on any atom is 0.179 e. The molecule has 0 bridgehead atoms. The average Bonchev–Trinajstić information content (AvgIpc) is 2.35. The molecule has 4 heteroatoms. The molecule has 0 aliphatic carbocycles. The minimum atomic E-state index is 0.612. The van der Waals surface area contributed by atoms with Gasteiger partial charge in [0.2, 0.25) is 0 Å². The second-order valence-electron chi connectivity index (χ2n) is 4.62. The minimum Gasteiger partial charge on any atom is -0.493 e. The fraction of sp³-hybridized carbons (Fsp3) is 0.571. The summed E-state index contributed by atoms with van der Waals surface area (Å²) in [4.78, 5) is 0. The topological polar surface area (TPSA) is 30.5 Å². The van der Waals surface area contributed by atoms with Gasteiger partial charge in [-0.1, -0.05) is 31.5 Å². The Bertz CT molecular complexity index is 380. The normalized spacial score (nSPS) is 10.8. The summed E-state index contributed by atoms with van der Waals surface area (Å²) in [7, 11) is 3.21. The Balaban J connectivity index is 2.66. The molecule has 0 atom stereocenters. The summed E-state index contributed by atoms with van der Waals surface area (Å²) >= 11 is 6.30. The molecule has 0 aromatic heterocycles. The molecule has 0 unspecified atom stereocenters. The Morgan fingerprint density at radius 2 is 1.94 bits per heavy atom. The molecule has 0 radical (unpaired) electrons. The van der Waals surface area contributed by atoms with Crippen LogP contribution in [-0.4, -0.2) is 27.3 Å². The van der Waals surface area contributed by atoms with Crippen molar-refractivity contribution >= 4 is 11.6 Å². The molecule has 0 aliphatic rings. The molecule has 1 aromatic carbocycles. The lowest BCUT2D eigenvalue weighted by molar-refractivity contribution is 0.354. The van der Waals surface area contributed by atoms with Gasteiger partial charge in [0.1, 0.15) is 0 Å². The van der Waals surface area contributed by atoms with E-state index in [-0.39, 0.29) is 0 Å². The van der Waals surface area contributed by atoms with E-state index in [1.807, 2.05) is 12.1 Å². The Morgan fingerprint density at radius 1 is 1.22 bits per heavy atom. The first-order chi connectivity index (χ1) is 8.60. The summed E-state index contributed by atoms with van der Waals surface area (Å²) in [6.07, 6.45) is 0.881. The smallest absolute Gasteiger partial charge is 0.179 e. The molecular weight excluding hydrogens is 250 g/mol. The van der Waals surface area contributed by atoms with Crippen molar-refractivity contribution in [2.45, 2.75) is 20.3 Å². The SMILES string of the molecule is COc1ccc(CCNCC(C)C)c(Cl)c1OC. The van der Waals surface area contributed by atoms with Crippen molar-refractivity contribution in [2.24, 2.45) is 5.92 Å². The van der Waals surface area contributed by atoms with Gasteiger partial charge in [0.15, 0.2) is 11.5 Å². The fourth-order valence-corrected chi connectivity index (χ4v) is 2.06. The van der Waals surface area contributed by atoms with Gasteiger partial charge in [-0.05, 0) is 37.1 Å². The van der Waals surface area contributed by atoms with E-state index in [9.17, 15) is 0 Å². The monoisotopic (exact) mass is 271 g/mol. The van der Waals surface area contributed by atoms with Crippen molar-refractivity contribution in [1.29, 1.82) is 0 Å². The largest absolute Gasteiger partial charge is 0.493 e. The second-order valence-corrected chi connectivity index (χ2v) is 5.00. The molecular formula is C14H22ClNO2. The van der Waals surface area contributed by atoms with Gasteiger partial charge >= 0.3 is 0 Å². The van der Waals surface area contributed by atoms with Crippen LogP contribution in [0.4, 0.5) is 0 Å². The standard InChI is InChI=1S/C14H22ClNO2/c1-10(2)9-16-8-7-11-5-6-12(17-3)14(18-4)13(11)15/h5-6,10,16H,7-9H2,1-4H3. The molecule has 1 N–H and O–H groups in total. The molecule has 102 valence electrons. The van der Waals surface area contributed by atoms with Gasteiger partial charge in [-0.2, -0.15) is 0 Å². The van der Waals surface area contributed by atoms with Gasteiger partial charge in [-0.3, -0.25) is 0 Å². The number of hydrogen-bond acceptors (Lipinski definition) is 3. The van der Waals surface area contributed by atoms with Gasteiger partial charge in [0, 0.05) is 0 Å². The van der Waals surface area contributed by atoms with E-state index in [0.717, 1.165) is 25.1 Å². The van der Waals surface area contributed by atoms with Gasteiger partial charge in [-0.25, -0.2) is 0 Å². The third-order valence-corrected chi connectivity index (χ3v) is 3.10. The molecule has 0 fully saturated rings. The van der Waals surface area contributed by atoms with E-state index in [1.165, 1.54) is 0 Å². The first-order valence-corrected chi connectivity index (χ1v) is 6.58. The predicted molar refractivity (Wildman–Crippen MR) is 76.0 cm³/mol. The van der Waals surface area contributed by atoms with Crippen molar-refractivity contribution in [1.82, 2.24) is 5.32 Å². The number of hydrogen-bond donors (Lipinski definition) is 1. The fourth-order valence-electron chi connectivity index (χ4n) is 1.74. The van der Waals surface area contributed by atoms with Crippen molar-refractivity contribution in [3.8, 4) is 11.5 Å². The summed E-state index contributed by atoms with van der Waals surface area (Å²) in [6.45, 7) is 6.31. The maximum atomic E-state index is 6.30. The van der Waals surface area contributed by atoms with Crippen LogP contribution in [0.1, 0.15) is 19.4 Å². The lowest BCUT2D eigenvalue weighted by Crippen LogP contribution is -2.22. The highest BCUT2D eigenvalue weighted by Gasteiger charge is 2.12. The molecule has 0 amide bonds. The Kier molecular flexibility index (Phi) is 6.30. The second kappa shape index (κ2) is 7.49. The molecule has 0 saturated carbocycles. The number of methoxy groups -OCH3 is 2. The first-order valence-electron chi connectivity index (χ1n) is 6.20. The highest BCUT2D eigenvalue weighted by Crippen LogP contribution is 2.37. The van der Waals surface area contributed by atoms with Crippen molar-refractivity contribution in [3.05, 3.63) is 22.7 Å². The van der Waals surface area contributed by atoms with Gasteiger partial charge in [0.05, 0.1) is 19.2 Å². The molecule has 0 heterocycles. The first kappa shape index (κ1) is 15.1. The zero-order valence-electron chi connectivity index (χ0n) is 11.5. The van der Waals surface area contributed by atoms with Crippen molar-refractivity contribution < 1.29 is 9.47 Å². The van der Waals surface area contributed by atoms with Crippen LogP contribution in [0.15, 0.2) is 12.1 Å². The lowest BCUT2D eigenvalue weighted by atomic mass is 10.1. The predicted octanol–water partition coefficient (Wildman–Crippen LogP) is 3.15.